The smallest absolute Gasteiger partial charge is 0.140 e. The summed E-state index contributed by atoms with van der Waals surface area (Å²) in [6, 6.07) is 6.25. The van der Waals surface area contributed by atoms with Gasteiger partial charge in [0.15, 0.2) is 0 Å². The second-order valence-corrected chi connectivity index (χ2v) is 4.16. The fourth-order valence-electron chi connectivity index (χ4n) is 2.01. The Balaban J connectivity index is 1.96. The van der Waals surface area contributed by atoms with Gasteiger partial charge in [-0.2, -0.15) is 0 Å². The second-order valence-electron chi connectivity index (χ2n) is 4.16. The van der Waals surface area contributed by atoms with Gasteiger partial charge in [-0.3, -0.25) is 4.79 Å². The van der Waals surface area contributed by atoms with Crippen molar-refractivity contribution in [2.75, 3.05) is 13.2 Å². The van der Waals surface area contributed by atoms with Gasteiger partial charge in [0.1, 0.15) is 11.6 Å². The van der Waals surface area contributed by atoms with Crippen LogP contribution in [-0.2, 0) is 16.0 Å². The molecule has 1 fully saturated rings. The van der Waals surface area contributed by atoms with E-state index in [1.54, 1.807) is 12.1 Å². The van der Waals surface area contributed by atoms with Crippen LogP contribution in [0.2, 0.25) is 0 Å². The maximum absolute atomic E-state index is 12.9. The molecule has 1 saturated heterocycles. The highest BCUT2D eigenvalue weighted by Gasteiger charge is 2.21. The van der Waals surface area contributed by atoms with E-state index < -0.39 is 0 Å². The van der Waals surface area contributed by atoms with E-state index in [0.717, 1.165) is 18.4 Å². The normalized spacial score (nSPS) is 17.3. The van der Waals surface area contributed by atoms with Crippen molar-refractivity contribution in [3.05, 3.63) is 35.6 Å². The number of rotatable bonds is 3. The number of Topliss-reactive ketones (excluding diaryl/α,β-unsaturated/α-hetero) is 1. The van der Waals surface area contributed by atoms with E-state index in [1.165, 1.54) is 12.1 Å². The molecule has 1 aliphatic heterocycles. The minimum absolute atomic E-state index is 0.0945. The summed E-state index contributed by atoms with van der Waals surface area (Å²) in [7, 11) is 0. The van der Waals surface area contributed by atoms with Crippen LogP contribution in [0.25, 0.3) is 0 Å². The number of ketones is 1. The molecule has 0 N–H and O–H groups in total. The zero-order valence-corrected chi connectivity index (χ0v) is 9.12. The predicted molar refractivity (Wildman–Crippen MR) is 58.7 cm³/mol. The number of halogens is 1. The van der Waals surface area contributed by atoms with Crippen molar-refractivity contribution in [3.63, 3.8) is 0 Å². The van der Waals surface area contributed by atoms with Gasteiger partial charge in [0.05, 0.1) is 0 Å². The van der Waals surface area contributed by atoms with Crippen molar-refractivity contribution in [2.45, 2.75) is 19.3 Å². The molecule has 16 heavy (non-hydrogen) atoms. The number of carbonyl (C=O) groups excluding carboxylic acids is 1. The summed E-state index contributed by atoms with van der Waals surface area (Å²) in [6.07, 6.45) is 1.94. The Morgan fingerprint density at radius 2 is 2.12 bits per heavy atom. The molecule has 1 aliphatic rings. The lowest BCUT2D eigenvalue weighted by molar-refractivity contribution is -0.125. The third-order valence-electron chi connectivity index (χ3n) is 2.94. The number of hydrogen-bond donors (Lipinski definition) is 0. The van der Waals surface area contributed by atoms with Crippen LogP contribution in [-0.4, -0.2) is 19.0 Å². The molecule has 0 spiro atoms. The van der Waals surface area contributed by atoms with Crippen LogP contribution in [0.1, 0.15) is 18.4 Å². The first kappa shape index (κ1) is 11.3. The summed E-state index contributed by atoms with van der Waals surface area (Å²) < 4.78 is 18.1. The first-order valence-electron chi connectivity index (χ1n) is 5.60. The molecule has 2 rings (SSSR count). The summed E-state index contributed by atoms with van der Waals surface area (Å²) >= 11 is 0. The van der Waals surface area contributed by atoms with Crippen LogP contribution in [0.3, 0.4) is 0 Å². The molecule has 0 bridgehead atoms. The number of carbonyl (C=O) groups is 1. The van der Waals surface area contributed by atoms with Gasteiger partial charge in [-0.25, -0.2) is 4.39 Å². The SMILES string of the molecule is O=C(Cc1cccc(F)c1)C1CCOCC1. The summed E-state index contributed by atoms with van der Waals surface area (Å²) in [6.45, 7) is 1.33. The van der Waals surface area contributed by atoms with Crippen molar-refractivity contribution in [1.29, 1.82) is 0 Å². The minimum Gasteiger partial charge on any atom is -0.381 e. The van der Waals surface area contributed by atoms with Crippen molar-refractivity contribution in [3.8, 4) is 0 Å². The van der Waals surface area contributed by atoms with Gasteiger partial charge in [0.25, 0.3) is 0 Å². The lowest BCUT2D eigenvalue weighted by atomic mass is 9.91. The van der Waals surface area contributed by atoms with E-state index in [9.17, 15) is 9.18 Å². The highest BCUT2D eigenvalue weighted by Crippen LogP contribution is 2.18. The van der Waals surface area contributed by atoms with Gasteiger partial charge in [0.2, 0.25) is 0 Å². The Bertz CT molecular complexity index is 370. The van der Waals surface area contributed by atoms with Crippen LogP contribution < -0.4 is 0 Å². The Labute approximate surface area is 94.4 Å². The molecule has 0 amide bonds. The fourth-order valence-corrected chi connectivity index (χ4v) is 2.01. The van der Waals surface area contributed by atoms with E-state index in [2.05, 4.69) is 0 Å². The molecule has 0 atom stereocenters. The van der Waals surface area contributed by atoms with Crippen molar-refractivity contribution in [1.82, 2.24) is 0 Å². The lowest BCUT2D eigenvalue weighted by Crippen LogP contribution is -2.24. The molecular formula is C13H15FO2. The molecule has 1 aromatic carbocycles. The quantitative estimate of drug-likeness (QED) is 0.784. The third-order valence-corrected chi connectivity index (χ3v) is 2.94. The summed E-state index contributed by atoms with van der Waals surface area (Å²) in [5.41, 5.74) is 0.761. The van der Waals surface area contributed by atoms with Crippen molar-refractivity contribution < 1.29 is 13.9 Å². The summed E-state index contributed by atoms with van der Waals surface area (Å²) in [5.74, 6) is 0.0168. The van der Waals surface area contributed by atoms with Gasteiger partial charge in [-0.1, -0.05) is 12.1 Å². The first-order chi connectivity index (χ1) is 7.75. The van der Waals surface area contributed by atoms with E-state index in [1.807, 2.05) is 0 Å². The van der Waals surface area contributed by atoms with Gasteiger partial charge in [-0.15, -0.1) is 0 Å². The molecule has 0 aromatic heterocycles. The molecule has 1 heterocycles. The van der Waals surface area contributed by atoms with Crippen LogP contribution in [0.5, 0.6) is 0 Å². The molecule has 0 unspecified atom stereocenters. The Hall–Kier alpha value is -1.22. The zero-order valence-electron chi connectivity index (χ0n) is 9.12. The Morgan fingerprint density at radius 1 is 1.38 bits per heavy atom. The minimum atomic E-state index is -0.280. The van der Waals surface area contributed by atoms with Gasteiger partial charge in [0, 0.05) is 25.6 Å². The lowest BCUT2D eigenvalue weighted by Gasteiger charge is -2.20. The van der Waals surface area contributed by atoms with Gasteiger partial charge < -0.3 is 4.74 Å². The maximum Gasteiger partial charge on any atom is 0.140 e. The van der Waals surface area contributed by atoms with Crippen molar-refractivity contribution >= 4 is 5.78 Å². The second kappa shape index (κ2) is 5.21. The topological polar surface area (TPSA) is 26.3 Å². The highest BCUT2D eigenvalue weighted by atomic mass is 19.1. The van der Waals surface area contributed by atoms with Gasteiger partial charge in [-0.05, 0) is 30.5 Å². The fraction of sp³-hybridized carbons (Fsp3) is 0.462. The number of benzene rings is 1. The zero-order chi connectivity index (χ0) is 11.4. The van der Waals surface area contributed by atoms with Crippen LogP contribution in [0.4, 0.5) is 4.39 Å². The van der Waals surface area contributed by atoms with E-state index in [-0.39, 0.29) is 17.5 Å². The largest absolute Gasteiger partial charge is 0.381 e. The van der Waals surface area contributed by atoms with E-state index in [0.29, 0.717) is 19.6 Å². The van der Waals surface area contributed by atoms with Crippen LogP contribution >= 0.6 is 0 Å². The molecule has 0 radical (unpaired) electrons. The molecule has 1 aromatic rings. The number of hydrogen-bond acceptors (Lipinski definition) is 2. The Morgan fingerprint density at radius 3 is 2.81 bits per heavy atom. The monoisotopic (exact) mass is 222 g/mol. The predicted octanol–water partition coefficient (Wildman–Crippen LogP) is 2.36. The van der Waals surface area contributed by atoms with Gasteiger partial charge >= 0.3 is 0 Å². The standard InChI is InChI=1S/C13H15FO2/c14-12-3-1-2-10(8-12)9-13(15)11-4-6-16-7-5-11/h1-3,8,11H,4-7,9H2. The highest BCUT2D eigenvalue weighted by molar-refractivity contribution is 5.83. The molecule has 86 valence electrons. The summed E-state index contributed by atoms with van der Waals surface area (Å²) in [4.78, 5) is 11.9. The average molecular weight is 222 g/mol. The maximum atomic E-state index is 12.9. The van der Waals surface area contributed by atoms with Crippen LogP contribution in [0.15, 0.2) is 24.3 Å². The number of ether oxygens (including phenoxy) is 1. The van der Waals surface area contributed by atoms with E-state index >= 15 is 0 Å². The molecular weight excluding hydrogens is 207 g/mol. The average Bonchev–Trinajstić information content (AvgIpc) is 2.30. The first-order valence-corrected chi connectivity index (χ1v) is 5.60. The molecule has 3 heteroatoms. The summed E-state index contributed by atoms with van der Waals surface area (Å²) in [5, 5.41) is 0. The Kier molecular flexibility index (Phi) is 3.67. The molecule has 2 nitrogen and oxygen atoms in total. The molecule has 0 saturated carbocycles. The van der Waals surface area contributed by atoms with E-state index in [4.69, 9.17) is 4.74 Å². The van der Waals surface area contributed by atoms with Crippen LogP contribution in [0, 0.1) is 11.7 Å². The van der Waals surface area contributed by atoms with Crippen molar-refractivity contribution in [2.24, 2.45) is 5.92 Å². The third kappa shape index (κ3) is 2.89. The molecule has 0 aliphatic carbocycles.